The zero-order valence-electron chi connectivity index (χ0n) is 14.1. The van der Waals surface area contributed by atoms with Gasteiger partial charge in [-0.3, -0.25) is 14.4 Å². The van der Waals surface area contributed by atoms with E-state index in [1.807, 2.05) is 49.4 Å². The maximum absolute atomic E-state index is 12.7. The molecule has 6 heteroatoms. The number of halogens is 2. The van der Waals surface area contributed by atoms with Crippen molar-refractivity contribution in [1.82, 2.24) is 9.55 Å². The lowest BCUT2D eigenvalue weighted by molar-refractivity contribution is 0.765. The summed E-state index contributed by atoms with van der Waals surface area (Å²) in [6.45, 7) is 2.40. The second kappa shape index (κ2) is 7.44. The van der Waals surface area contributed by atoms with E-state index in [1.54, 1.807) is 16.7 Å². The van der Waals surface area contributed by atoms with Crippen LogP contribution in [0.5, 0.6) is 0 Å². The molecule has 0 unspecified atom stereocenters. The minimum atomic E-state index is -0.0830. The normalized spacial score (nSPS) is 12.8. The van der Waals surface area contributed by atoms with Gasteiger partial charge < -0.3 is 0 Å². The third-order valence-corrected chi connectivity index (χ3v) is 4.46. The molecule has 1 aliphatic rings. The van der Waals surface area contributed by atoms with E-state index in [9.17, 15) is 4.79 Å². The molecule has 0 fully saturated rings. The van der Waals surface area contributed by atoms with Crippen LogP contribution in [0.15, 0.2) is 64.4 Å². The highest BCUT2D eigenvalue weighted by atomic mass is 35.5. The van der Waals surface area contributed by atoms with E-state index in [2.05, 4.69) is 4.98 Å². The number of nitrogens with zero attached hydrogens (tertiary/aromatic N) is 3. The molecule has 1 aliphatic heterocycles. The van der Waals surface area contributed by atoms with E-state index < -0.39 is 0 Å². The minimum absolute atomic E-state index is 0. The Bertz CT molecular complexity index is 1040. The van der Waals surface area contributed by atoms with E-state index in [0.717, 1.165) is 34.0 Å². The first-order chi connectivity index (χ1) is 12.1. The second-order valence-electron chi connectivity index (χ2n) is 6.00. The lowest BCUT2D eigenvalue weighted by Gasteiger charge is -2.20. The van der Waals surface area contributed by atoms with E-state index in [0.29, 0.717) is 18.0 Å². The second-order valence-corrected chi connectivity index (χ2v) is 6.43. The minimum Gasteiger partial charge on any atom is -0.284 e. The van der Waals surface area contributed by atoms with Gasteiger partial charge >= 0.3 is 0 Å². The average molecular weight is 386 g/mol. The number of aryl methyl sites for hydroxylation is 1. The van der Waals surface area contributed by atoms with Crippen LogP contribution in [0.4, 0.5) is 0 Å². The van der Waals surface area contributed by atoms with Crippen molar-refractivity contribution in [3.8, 4) is 5.69 Å². The number of benzene rings is 2. The third-order valence-electron chi connectivity index (χ3n) is 4.22. The number of aromatic nitrogens is 2. The van der Waals surface area contributed by atoms with Crippen molar-refractivity contribution in [1.29, 1.82) is 0 Å². The van der Waals surface area contributed by atoms with E-state index in [1.165, 1.54) is 0 Å². The fourth-order valence-electron chi connectivity index (χ4n) is 3.17. The van der Waals surface area contributed by atoms with Crippen molar-refractivity contribution in [2.45, 2.75) is 13.3 Å². The van der Waals surface area contributed by atoms with Crippen molar-refractivity contribution in [3.63, 3.8) is 0 Å². The molecule has 0 saturated heterocycles. The summed E-state index contributed by atoms with van der Waals surface area (Å²) in [5.74, 6) is 0.726. The molecule has 3 aromatic rings. The first kappa shape index (κ1) is 18.4. The molecule has 26 heavy (non-hydrogen) atoms. The van der Waals surface area contributed by atoms with Gasteiger partial charge in [-0.15, -0.1) is 12.4 Å². The Morgan fingerprint density at radius 2 is 1.85 bits per heavy atom. The molecule has 4 rings (SSSR count). The van der Waals surface area contributed by atoms with Gasteiger partial charge in [0.25, 0.3) is 5.56 Å². The quantitative estimate of drug-likeness (QED) is 0.635. The smallest absolute Gasteiger partial charge is 0.258 e. The summed E-state index contributed by atoms with van der Waals surface area (Å²) in [5.41, 5.74) is 4.09. The Labute approximate surface area is 162 Å². The molecule has 4 nitrogen and oxygen atoms in total. The lowest BCUT2D eigenvalue weighted by atomic mass is 9.99. The molecule has 2 aromatic carbocycles. The van der Waals surface area contributed by atoms with Gasteiger partial charge in [-0.2, -0.15) is 0 Å². The monoisotopic (exact) mass is 385 g/mol. The Morgan fingerprint density at radius 3 is 2.62 bits per heavy atom. The molecule has 132 valence electrons. The standard InChI is InChI=1S/C20H16ClN3O.ClH/c1-13-11-19(25)24-17-8-7-15(21)12-16(17)20(14-5-3-2-4-6-14)22-10-9-18(24)23-13;/h2-8,11-12H,9-10H2,1H3;1H. The lowest BCUT2D eigenvalue weighted by Crippen LogP contribution is -2.27. The molecule has 0 radical (unpaired) electrons. The first-order valence-electron chi connectivity index (χ1n) is 8.13. The Kier molecular flexibility index (Phi) is 5.25. The van der Waals surface area contributed by atoms with Gasteiger partial charge in [0.05, 0.1) is 11.4 Å². The van der Waals surface area contributed by atoms with Crippen molar-refractivity contribution in [2.75, 3.05) is 6.54 Å². The van der Waals surface area contributed by atoms with Crippen molar-refractivity contribution < 1.29 is 0 Å². The molecule has 0 saturated carbocycles. The van der Waals surface area contributed by atoms with Crippen molar-refractivity contribution in [3.05, 3.63) is 92.6 Å². The highest BCUT2D eigenvalue weighted by Crippen LogP contribution is 2.25. The molecule has 0 N–H and O–H groups in total. The highest BCUT2D eigenvalue weighted by Gasteiger charge is 2.19. The van der Waals surface area contributed by atoms with Gasteiger partial charge in [-0.1, -0.05) is 41.9 Å². The number of fused-ring (bicyclic) bond motifs is 3. The predicted octanol–water partition coefficient (Wildman–Crippen LogP) is 4.01. The van der Waals surface area contributed by atoms with Crippen LogP contribution in [0.1, 0.15) is 22.6 Å². The van der Waals surface area contributed by atoms with Crippen LogP contribution >= 0.6 is 24.0 Å². The van der Waals surface area contributed by atoms with E-state index in [-0.39, 0.29) is 18.0 Å². The van der Waals surface area contributed by atoms with Crippen LogP contribution in [0.3, 0.4) is 0 Å². The Morgan fingerprint density at radius 1 is 1.08 bits per heavy atom. The van der Waals surface area contributed by atoms with Crippen LogP contribution in [0.2, 0.25) is 5.02 Å². The van der Waals surface area contributed by atoms with Crippen LogP contribution in [-0.4, -0.2) is 21.8 Å². The summed E-state index contributed by atoms with van der Waals surface area (Å²) in [4.78, 5) is 22.0. The van der Waals surface area contributed by atoms with Gasteiger partial charge in [0.2, 0.25) is 0 Å². The van der Waals surface area contributed by atoms with Gasteiger partial charge in [0.1, 0.15) is 5.82 Å². The van der Waals surface area contributed by atoms with Crippen molar-refractivity contribution >= 4 is 29.7 Å². The van der Waals surface area contributed by atoms with E-state index in [4.69, 9.17) is 16.6 Å². The average Bonchev–Trinajstić information content (AvgIpc) is 2.58. The summed E-state index contributed by atoms with van der Waals surface area (Å²) in [6, 6.07) is 17.0. The predicted molar refractivity (Wildman–Crippen MR) is 107 cm³/mol. The van der Waals surface area contributed by atoms with Crippen molar-refractivity contribution in [2.24, 2.45) is 4.99 Å². The Balaban J connectivity index is 0.00000196. The number of hydrogen-bond donors (Lipinski definition) is 0. The molecule has 2 heterocycles. The largest absolute Gasteiger partial charge is 0.284 e. The molecule has 0 aliphatic carbocycles. The summed E-state index contributed by atoms with van der Waals surface area (Å²) >= 11 is 6.26. The number of hydrogen-bond acceptors (Lipinski definition) is 3. The summed E-state index contributed by atoms with van der Waals surface area (Å²) < 4.78 is 1.68. The molecule has 0 atom stereocenters. The van der Waals surface area contributed by atoms with Gasteiger partial charge in [-0.05, 0) is 25.1 Å². The number of aliphatic imine (C=N–C) groups is 1. The summed E-state index contributed by atoms with van der Waals surface area (Å²) in [7, 11) is 0. The van der Waals surface area contributed by atoms with Crippen LogP contribution in [-0.2, 0) is 6.42 Å². The molecule has 0 amide bonds. The SMILES string of the molecule is Cc1cc(=O)n2c(n1)CCN=C(c1ccccc1)c1cc(Cl)ccc1-2.Cl. The zero-order valence-corrected chi connectivity index (χ0v) is 15.7. The fraction of sp³-hybridized carbons (Fsp3) is 0.150. The Hall–Kier alpha value is -2.43. The van der Waals surface area contributed by atoms with Crippen LogP contribution in [0, 0.1) is 6.92 Å². The van der Waals surface area contributed by atoms with E-state index >= 15 is 0 Å². The molecule has 1 aromatic heterocycles. The maximum atomic E-state index is 12.7. The van der Waals surface area contributed by atoms with Crippen LogP contribution in [0.25, 0.3) is 5.69 Å². The first-order valence-corrected chi connectivity index (χ1v) is 8.51. The zero-order chi connectivity index (χ0) is 17.4. The highest BCUT2D eigenvalue weighted by molar-refractivity contribution is 6.31. The molecular formula is C20H17Cl2N3O. The molecule has 0 spiro atoms. The topological polar surface area (TPSA) is 47.2 Å². The number of rotatable bonds is 1. The van der Waals surface area contributed by atoms with Gasteiger partial charge in [-0.25, -0.2) is 4.98 Å². The maximum Gasteiger partial charge on any atom is 0.258 e. The van der Waals surface area contributed by atoms with Crippen LogP contribution < -0.4 is 5.56 Å². The third kappa shape index (κ3) is 3.30. The summed E-state index contributed by atoms with van der Waals surface area (Å²) in [6.07, 6.45) is 0.606. The van der Waals surface area contributed by atoms with Gasteiger partial charge in [0, 0.05) is 40.9 Å². The summed E-state index contributed by atoms with van der Waals surface area (Å²) in [5, 5.41) is 0.609. The van der Waals surface area contributed by atoms with Gasteiger partial charge in [0.15, 0.2) is 0 Å². The molecule has 0 bridgehead atoms. The molecular weight excluding hydrogens is 369 g/mol. The fourth-order valence-corrected chi connectivity index (χ4v) is 3.34.